The zero-order valence-electron chi connectivity index (χ0n) is 14.6. The average Bonchev–Trinajstić information content (AvgIpc) is 3.02. The molecule has 0 radical (unpaired) electrons. The first-order valence-electron chi connectivity index (χ1n) is 8.57. The summed E-state index contributed by atoms with van der Waals surface area (Å²) in [5, 5.41) is 5.91. The first-order chi connectivity index (χ1) is 13.0. The number of carbonyl (C=O) groups is 2. The number of hydrogen-bond donors (Lipinski definition) is 2. The van der Waals surface area contributed by atoms with Crippen molar-refractivity contribution in [2.45, 2.75) is 26.2 Å². The van der Waals surface area contributed by atoms with Gasteiger partial charge in [0.25, 0.3) is 5.91 Å². The molecule has 0 unspecified atom stereocenters. The molecule has 3 rings (SSSR count). The first kappa shape index (κ1) is 18.9. The summed E-state index contributed by atoms with van der Waals surface area (Å²) >= 11 is 5.75. The van der Waals surface area contributed by atoms with Gasteiger partial charge in [0, 0.05) is 17.5 Å². The maximum absolute atomic E-state index is 13.3. The molecule has 0 bridgehead atoms. The van der Waals surface area contributed by atoms with Crippen molar-refractivity contribution in [2.75, 3.05) is 10.6 Å². The molecule has 0 saturated carbocycles. The zero-order chi connectivity index (χ0) is 19.4. The Kier molecular flexibility index (Phi) is 5.76. The molecule has 140 valence electrons. The summed E-state index contributed by atoms with van der Waals surface area (Å²) in [5.41, 5.74) is 1.11. The average molecular weight is 389 g/mol. The van der Waals surface area contributed by atoms with Crippen molar-refractivity contribution in [3.63, 3.8) is 0 Å². The molecule has 3 aromatic rings. The smallest absolute Gasteiger partial charge is 0.293 e. The fraction of sp³-hybridized carbons (Fsp3) is 0.200. The number of halogens is 2. The van der Waals surface area contributed by atoms with Crippen LogP contribution in [0.3, 0.4) is 0 Å². The lowest BCUT2D eigenvalue weighted by Gasteiger charge is -2.07. The van der Waals surface area contributed by atoms with Crippen molar-refractivity contribution in [1.29, 1.82) is 0 Å². The normalized spacial score (nSPS) is 10.8. The molecule has 2 amide bonds. The van der Waals surface area contributed by atoms with E-state index in [0.717, 1.165) is 18.9 Å². The number of carbonyl (C=O) groups excluding carboxylic acids is 2. The number of rotatable bonds is 6. The van der Waals surface area contributed by atoms with Crippen LogP contribution in [-0.2, 0) is 4.79 Å². The molecule has 0 aliphatic carbocycles. The Morgan fingerprint density at radius 1 is 1.15 bits per heavy atom. The van der Waals surface area contributed by atoms with Crippen LogP contribution in [0.1, 0.15) is 36.7 Å². The summed E-state index contributed by atoms with van der Waals surface area (Å²) in [4.78, 5) is 24.9. The van der Waals surface area contributed by atoms with Gasteiger partial charge in [-0.25, -0.2) is 4.39 Å². The van der Waals surface area contributed by atoms with Crippen LogP contribution in [0, 0.1) is 5.82 Å². The van der Waals surface area contributed by atoms with Crippen molar-refractivity contribution in [2.24, 2.45) is 0 Å². The number of amides is 2. The lowest BCUT2D eigenvalue weighted by atomic mass is 10.2. The molecule has 0 spiro atoms. The Labute approximate surface area is 160 Å². The van der Waals surface area contributed by atoms with Gasteiger partial charge in [0.15, 0.2) is 0 Å². The van der Waals surface area contributed by atoms with E-state index in [-0.39, 0.29) is 16.7 Å². The maximum atomic E-state index is 13.3. The SMILES string of the molecule is CCCCC(=O)Nc1c(C(=O)Nc2ccc(F)c(Cl)c2)oc2ccccc12. The molecule has 2 aromatic carbocycles. The Balaban J connectivity index is 1.92. The van der Waals surface area contributed by atoms with E-state index in [4.69, 9.17) is 16.0 Å². The number of benzene rings is 2. The van der Waals surface area contributed by atoms with Gasteiger partial charge in [-0.3, -0.25) is 9.59 Å². The number of nitrogens with one attached hydrogen (secondary N) is 2. The topological polar surface area (TPSA) is 71.3 Å². The maximum Gasteiger partial charge on any atom is 0.293 e. The monoisotopic (exact) mass is 388 g/mol. The second-order valence-corrected chi connectivity index (χ2v) is 6.44. The highest BCUT2D eigenvalue weighted by molar-refractivity contribution is 6.31. The third-order valence-electron chi connectivity index (χ3n) is 4.00. The summed E-state index contributed by atoms with van der Waals surface area (Å²) in [6.45, 7) is 1.99. The summed E-state index contributed by atoms with van der Waals surface area (Å²) in [7, 11) is 0. The molecule has 7 heteroatoms. The van der Waals surface area contributed by atoms with Crippen molar-refractivity contribution in [1.82, 2.24) is 0 Å². The highest BCUT2D eigenvalue weighted by atomic mass is 35.5. The highest BCUT2D eigenvalue weighted by Gasteiger charge is 2.22. The Morgan fingerprint density at radius 3 is 2.67 bits per heavy atom. The molecule has 0 fully saturated rings. The van der Waals surface area contributed by atoms with Crippen LogP contribution < -0.4 is 10.6 Å². The second kappa shape index (κ2) is 8.22. The molecule has 1 heterocycles. The largest absolute Gasteiger partial charge is 0.449 e. The van der Waals surface area contributed by atoms with Crippen LogP contribution in [0.15, 0.2) is 46.9 Å². The number of furan rings is 1. The van der Waals surface area contributed by atoms with E-state index in [0.29, 0.717) is 28.8 Å². The molecule has 0 aliphatic heterocycles. The summed E-state index contributed by atoms with van der Waals surface area (Å²) in [6.07, 6.45) is 1.99. The van der Waals surface area contributed by atoms with Crippen LogP contribution in [0.25, 0.3) is 11.0 Å². The van der Waals surface area contributed by atoms with Gasteiger partial charge < -0.3 is 15.1 Å². The molecule has 5 nitrogen and oxygen atoms in total. The Hall–Kier alpha value is -2.86. The predicted octanol–water partition coefficient (Wildman–Crippen LogP) is 5.61. The molecule has 0 saturated heterocycles. The van der Waals surface area contributed by atoms with Gasteiger partial charge in [-0.05, 0) is 36.8 Å². The number of unbranched alkanes of at least 4 members (excludes halogenated alkanes) is 1. The van der Waals surface area contributed by atoms with Crippen molar-refractivity contribution >= 4 is 45.8 Å². The van der Waals surface area contributed by atoms with Gasteiger partial charge in [0.1, 0.15) is 17.1 Å². The predicted molar refractivity (Wildman–Crippen MR) is 104 cm³/mol. The van der Waals surface area contributed by atoms with Gasteiger partial charge in [-0.15, -0.1) is 0 Å². The van der Waals surface area contributed by atoms with Gasteiger partial charge in [0.05, 0.1) is 5.02 Å². The van der Waals surface area contributed by atoms with Crippen LogP contribution in [0.4, 0.5) is 15.8 Å². The van der Waals surface area contributed by atoms with E-state index in [1.165, 1.54) is 12.1 Å². The molecule has 2 N–H and O–H groups in total. The molecule has 27 heavy (non-hydrogen) atoms. The first-order valence-corrected chi connectivity index (χ1v) is 8.95. The van der Waals surface area contributed by atoms with Gasteiger partial charge in [-0.2, -0.15) is 0 Å². The number of anilines is 2. The lowest BCUT2D eigenvalue weighted by Crippen LogP contribution is -2.17. The lowest BCUT2D eigenvalue weighted by molar-refractivity contribution is -0.116. The number of hydrogen-bond acceptors (Lipinski definition) is 3. The van der Waals surface area contributed by atoms with Crippen molar-refractivity contribution in [3.05, 3.63) is 59.1 Å². The number of fused-ring (bicyclic) bond motifs is 1. The van der Waals surface area contributed by atoms with Crippen LogP contribution in [-0.4, -0.2) is 11.8 Å². The highest BCUT2D eigenvalue weighted by Crippen LogP contribution is 2.32. The van der Waals surface area contributed by atoms with E-state index >= 15 is 0 Å². The van der Waals surface area contributed by atoms with Gasteiger partial charge >= 0.3 is 0 Å². The molecule has 1 aromatic heterocycles. The fourth-order valence-corrected chi connectivity index (χ4v) is 2.81. The molecule has 0 atom stereocenters. The quantitative estimate of drug-likeness (QED) is 0.576. The summed E-state index contributed by atoms with van der Waals surface area (Å²) in [5.74, 6) is -1.37. The minimum absolute atomic E-state index is 0.0264. The van der Waals surface area contributed by atoms with E-state index < -0.39 is 11.7 Å². The van der Waals surface area contributed by atoms with Gasteiger partial charge in [-0.1, -0.05) is 37.1 Å². The third-order valence-corrected chi connectivity index (χ3v) is 4.29. The molecular weight excluding hydrogens is 371 g/mol. The van der Waals surface area contributed by atoms with Crippen LogP contribution in [0.5, 0.6) is 0 Å². The fourth-order valence-electron chi connectivity index (χ4n) is 2.63. The summed E-state index contributed by atoms with van der Waals surface area (Å²) in [6, 6.07) is 10.9. The van der Waals surface area contributed by atoms with Crippen LogP contribution in [0.2, 0.25) is 5.02 Å². The van der Waals surface area contributed by atoms with Crippen LogP contribution >= 0.6 is 11.6 Å². The molecular formula is C20H18ClFN2O3. The van der Waals surface area contributed by atoms with Crippen molar-refractivity contribution < 1.29 is 18.4 Å². The second-order valence-electron chi connectivity index (χ2n) is 6.04. The number of para-hydroxylation sites is 1. The summed E-state index contributed by atoms with van der Waals surface area (Å²) < 4.78 is 19.0. The van der Waals surface area contributed by atoms with E-state index in [2.05, 4.69) is 10.6 Å². The third kappa shape index (κ3) is 4.28. The minimum Gasteiger partial charge on any atom is -0.449 e. The molecule has 0 aliphatic rings. The van der Waals surface area contributed by atoms with E-state index in [1.54, 1.807) is 24.3 Å². The van der Waals surface area contributed by atoms with E-state index in [9.17, 15) is 14.0 Å². The Morgan fingerprint density at radius 2 is 1.93 bits per heavy atom. The Bertz CT molecular complexity index is 1000. The minimum atomic E-state index is -0.581. The standard InChI is InChI=1S/C20H18ClFN2O3/c1-2-3-8-17(25)24-18-13-6-4-5-7-16(13)27-19(18)20(26)23-12-9-10-15(22)14(21)11-12/h4-7,9-11H,2-3,8H2,1H3,(H,23,26)(H,24,25). The van der Waals surface area contributed by atoms with E-state index in [1.807, 2.05) is 6.92 Å². The van der Waals surface area contributed by atoms with Crippen molar-refractivity contribution in [3.8, 4) is 0 Å². The zero-order valence-corrected chi connectivity index (χ0v) is 15.4. The van der Waals surface area contributed by atoms with Gasteiger partial charge in [0.2, 0.25) is 11.7 Å².